The number of pyridine rings is 1. The van der Waals surface area contributed by atoms with Crippen LogP contribution in [0, 0.1) is 0 Å². The third-order valence-corrected chi connectivity index (χ3v) is 4.02. The molecule has 0 radical (unpaired) electrons. The molecule has 1 fully saturated rings. The molecule has 0 aliphatic carbocycles. The maximum absolute atomic E-state index is 12.5. The average molecular weight is 312 g/mol. The highest BCUT2D eigenvalue weighted by Crippen LogP contribution is 2.18. The van der Waals surface area contributed by atoms with Crippen LogP contribution in [-0.2, 0) is 18.0 Å². The summed E-state index contributed by atoms with van der Waals surface area (Å²) in [6.45, 7) is 1.78. The molecule has 1 amide bonds. The van der Waals surface area contributed by atoms with Crippen molar-refractivity contribution in [1.82, 2.24) is 9.88 Å². The minimum atomic E-state index is -0.0568. The van der Waals surface area contributed by atoms with Crippen LogP contribution >= 0.6 is 0 Å². The fourth-order valence-electron chi connectivity index (χ4n) is 2.73. The Morgan fingerprint density at radius 1 is 1.26 bits per heavy atom. The number of benzene rings is 1. The van der Waals surface area contributed by atoms with Crippen molar-refractivity contribution in [2.24, 2.45) is 0 Å². The normalized spacial score (nSPS) is 17.4. The van der Waals surface area contributed by atoms with Gasteiger partial charge in [-0.3, -0.25) is 9.78 Å². The number of ether oxygens (including phenoxy) is 1. The predicted molar refractivity (Wildman–Crippen MR) is 85.7 cm³/mol. The lowest BCUT2D eigenvalue weighted by atomic mass is 10.1. The molecule has 5 heteroatoms. The van der Waals surface area contributed by atoms with Crippen LogP contribution in [0.15, 0.2) is 48.8 Å². The first-order valence-electron chi connectivity index (χ1n) is 7.76. The Morgan fingerprint density at radius 2 is 2.09 bits per heavy atom. The maximum atomic E-state index is 12.5. The number of amides is 1. The SMILES string of the molecule is O=C(c1cccc(CO)c1)N1CCC(OCc2ccncc2)C1. The molecule has 1 saturated heterocycles. The zero-order valence-electron chi connectivity index (χ0n) is 12.9. The van der Waals surface area contributed by atoms with Gasteiger partial charge >= 0.3 is 0 Å². The van der Waals surface area contributed by atoms with Gasteiger partial charge in [0, 0.05) is 31.0 Å². The van der Waals surface area contributed by atoms with Gasteiger partial charge in [-0.2, -0.15) is 0 Å². The zero-order chi connectivity index (χ0) is 16.1. The molecule has 0 bridgehead atoms. The van der Waals surface area contributed by atoms with E-state index in [9.17, 15) is 9.90 Å². The summed E-state index contributed by atoms with van der Waals surface area (Å²) in [5.74, 6) is -0.00434. The van der Waals surface area contributed by atoms with Crippen LogP contribution in [-0.4, -0.2) is 40.1 Å². The summed E-state index contributed by atoms with van der Waals surface area (Å²) in [6.07, 6.45) is 4.40. The summed E-state index contributed by atoms with van der Waals surface area (Å²) in [5, 5.41) is 9.18. The number of carbonyl (C=O) groups excluding carboxylic acids is 1. The molecular formula is C18H20N2O3. The number of nitrogens with zero attached hydrogens (tertiary/aromatic N) is 2. The summed E-state index contributed by atoms with van der Waals surface area (Å²) in [6, 6.07) is 11.0. The zero-order valence-corrected chi connectivity index (χ0v) is 12.9. The monoisotopic (exact) mass is 312 g/mol. The number of hydrogen-bond acceptors (Lipinski definition) is 4. The van der Waals surface area contributed by atoms with Gasteiger partial charge in [0.05, 0.1) is 19.3 Å². The number of rotatable bonds is 5. The third kappa shape index (κ3) is 3.94. The Balaban J connectivity index is 1.55. The molecule has 1 aliphatic heterocycles. The Morgan fingerprint density at radius 3 is 2.87 bits per heavy atom. The lowest BCUT2D eigenvalue weighted by molar-refractivity contribution is 0.0437. The second-order valence-corrected chi connectivity index (χ2v) is 5.69. The van der Waals surface area contributed by atoms with E-state index in [4.69, 9.17) is 4.74 Å². The van der Waals surface area contributed by atoms with E-state index in [1.54, 1.807) is 36.7 Å². The van der Waals surface area contributed by atoms with Gasteiger partial charge in [-0.25, -0.2) is 0 Å². The van der Waals surface area contributed by atoms with Crippen LogP contribution in [0.2, 0.25) is 0 Å². The predicted octanol–water partition coefficient (Wildman–Crippen LogP) is 2.01. The molecule has 5 nitrogen and oxygen atoms in total. The molecule has 1 N–H and O–H groups in total. The van der Waals surface area contributed by atoms with Gasteiger partial charge in [-0.05, 0) is 41.8 Å². The molecule has 2 aromatic rings. The van der Waals surface area contributed by atoms with Gasteiger partial charge in [0.1, 0.15) is 0 Å². The van der Waals surface area contributed by atoms with Gasteiger partial charge in [-0.1, -0.05) is 12.1 Å². The van der Waals surface area contributed by atoms with Crippen LogP contribution in [0.5, 0.6) is 0 Å². The molecule has 23 heavy (non-hydrogen) atoms. The minimum Gasteiger partial charge on any atom is -0.392 e. The second-order valence-electron chi connectivity index (χ2n) is 5.69. The molecule has 3 rings (SSSR count). The number of aromatic nitrogens is 1. The third-order valence-electron chi connectivity index (χ3n) is 4.02. The van der Waals surface area contributed by atoms with Crippen LogP contribution in [0.4, 0.5) is 0 Å². The summed E-state index contributed by atoms with van der Waals surface area (Å²) in [7, 11) is 0. The number of likely N-dealkylation sites (tertiary alicyclic amines) is 1. The summed E-state index contributed by atoms with van der Waals surface area (Å²) >= 11 is 0. The van der Waals surface area contributed by atoms with Crippen LogP contribution in [0.25, 0.3) is 0 Å². The molecule has 1 aromatic heterocycles. The highest BCUT2D eigenvalue weighted by atomic mass is 16.5. The molecule has 1 aromatic carbocycles. The summed E-state index contributed by atoms with van der Waals surface area (Å²) in [5.41, 5.74) is 2.45. The lowest BCUT2D eigenvalue weighted by Gasteiger charge is -2.17. The number of aliphatic hydroxyl groups is 1. The van der Waals surface area contributed by atoms with Gasteiger partial charge in [0.15, 0.2) is 0 Å². The van der Waals surface area contributed by atoms with Crippen molar-refractivity contribution >= 4 is 5.91 Å². The van der Waals surface area contributed by atoms with E-state index in [2.05, 4.69) is 4.98 Å². The highest BCUT2D eigenvalue weighted by molar-refractivity contribution is 5.94. The Bertz CT molecular complexity index is 660. The Labute approximate surface area is 135 Å². The van der Waals surface area contributed by atoms with E-state index in [1.165, 1.54) is 0 Å². The van der Waals surface area contributed by atoms with Gasteiger partial charge in [0.25, 0.3) is 5.91 Å². The molecule has 2 heterocycles. The molecule has 1 aliphatic rings. The van der Waals surface area contributed by atoms with Crippen molar-refractivity contribution in [3.05, 3.63) is 65.5 Å². The van der Waals surface area contributed by atoms with E-state index in [0.29, 0.717) is 25.3 Å². The van der Waals surface area contributed by atoms with E-state index in [1.807, 2.05) is 17.0 Å². The van der Waals surface area contributed by atoms with Crippen LogP contribution < -0.4 is 0 Å². The van der Waals surface area contributed by atoms with Crippen molar-refractivity contribution < 1.29 is 14.6 Å². The van der Waals surface area contributed by atoms with Crippen LogP contribution in [0.1, 0.15) is 27.9 Å². The first-order valence-corrected chi connectivity index (χ1v) is 7.76. The number of hydrogen-bond donors (Lipinski definition) is 1. The van der Waals surface area contributed by atoms with Crippen molar-refractivity contribution in [1.29, 1.82) is 0 Å². The van der Waals surface area contributed by atoms with Gasteiger partial charge in [0.2, 0.25) is 0 Å². The Hall–Kier alpha value is -2.24. The van der Waals surface area contributed by atoms with Crippen molar-refractivity contribution in [3.8, 4) is 0 Å². The number of aliphatic hydroxyl groups excluding tert-OH is 1. The van der Waals surface area contributed by atoms with Crippen molar-refractivity contribution in [2.45, 2.75) is 25.7 Å². The smallest absolute Gasteiger partial charge is 0.253 e. The molecule has 0 saturated carbocycles. The minimum absolute atomic E-state index is 0.00434. The summed E-state index contributed by atoms with van der Waals surface area (Å²) in [4.78, 5) is 18.3. The van der Waals surface area contributed by atoms with E-state index in [0.717, 1.165) is 17.5 Å². The average Bonchev–Trinajstić information content (AvgIpc) is 3.09. The second kappa shape index (κ2) is 7.35. The quantitative estimate of drug-likeness (QED) is 0.917. The molecule has 120 valence electrons. The fraction of sp³-hybridized carbons (Fsp3) is 0.333. The maximum Gasteiger partial charge on any atom is 0.253 e. The van der Waals surface area contributed by atoms with Gasteiger partial charge in [-0.15, -0.1) is 0 Å². The van der Waals surface area contributed by atoms with Crippen LogP contribution in [0.3, 0.4) is 0 Å². The van der Waals surface area contributed by atoms with Crippen molar-refractivity contribution in [3.63, 3.8) is 0 Å². The van der Waals surface area contributed by atoms with Crippen molar-refractivity contribution in [2.75, 3.05) is 13.1 Å². The molecular weight excluding hydrogens is 292 g/mol. The topological polar surface area (TPSA) is 62.7 Å². The summed E-state index contributed by atoms with van der Waals surface area (Å²) < 4.78 is 5.89. The first-order chi connectivity index (χ1) is 11.3. The first kappa shape index (κ1) is 15.6. The lowest BCUT2D eigenvalue weighted by Crippen LogP contribution is -2.30. The van der Waals surface area contributed by atoms with E-state index >= 15 is 0 Å². The molecule has 0 spiro atoms. The van der Waals surface area contributed by atoms with E-state index < -0.39 is 0 Å². The largest absolute Gasteiger partial charge is 0.392 e. The molecule has 1 atom stereocenters. The fourth-order valence-corrected chi connectivity index (χ4v) is 2.73. The standard InChI is InChI=1S/C18H20N2O3/c21-12-15-2-1-3-16(10-15)18(22)20-9-6-17(11-20)23-13-14-4-7-19-8-5-14/h1-5,7-8,10,17,21H,6,9,11-13H2. The van der Waals surface area contributed by atoms with Gasteiger partial charge < -0.3 is 14.7 Å². The Kier molecular flexibility index (Phi) is 5.00. The number of carbonyl (C=O) groups is 1. The molecule has 1 unspecified atom stereocenters. The highest BCUT2D eigenvalue weighted by Gasteiger charge is 2.27. The van der Waals surface area contributed by atoms with E-state index in [-0.39, 0.29) is 18.6 Å².